The van der Waals surface area contributed by atoms with Crippen LogP contribution >= 0.6 is 11.3 Å². The lowest BCUT2D eigenvalue weighted by molar-refractivity contribution is 0.0989. The molecule has 19 heavy (non-hydrogen) atoms. The smallest absolute Gasteiger partial charge is 0.203 e. The van der Waals surface area contributed by atoms with Crippen LogP contribution in [0.25, 0.3) is 11.1 Å². The third-order valence-corrected chi connectivity index (χ3v) is 4.03. The number of rotatable bonds is 4. The summed E-state index contributed by atoms with van der Waals surface area (Å²) in [6, 6.07) is 9.55. The molecule has 0 saturated heterocycles. The first kappa shape index (κ1) is 12.1. The summed E-state index contributed by atoms with van der Waals surface area (Å²) in [6.07, 6.45) is 1.10. The summed E-state index contributed by atoms with van der Waals surface area (Å²) in [7, 11) is 0. The van der Waals surface area contributed by atoms with Crippen molar-refractivity contribution in [2.24, 2.45) is 0 Å². The lowest BCUT2D eigenvalue weighted by Crippen LogP contribution is -2.03. The number of carbonyl (C=O) groups excluding carboxylic acids is 1. The number of Topliss-reactive ketones (excluding diaryl/α,β-unsaturated/α-hetero) is 1. The molecule has 0 aliphatic carbocycles. The van der Waals surface area contributed by atoms with Crippen molar-refractivity contribution in [2.75, 3.05) is 0 Å². The quantitative estimate of drug-likeness (QED) is 0.676. The standard InChI is InChI=1S/C15H13NO2S/c1-2-10-7-8-19-15(10)12(17)9-14-16-11-5-3-4-6-13(11)18-14/h3-8H,2,9H2,1H3. The SMILES string of the molecule is CCc1ccsc1C(=O)Cc1nc2ccccc2o1. The van der Waals surface area contributed by atoms with E-state index in [1.54, 1.807) is 0 Å². The van der Waals surface area contributed by atoms with Gasteiger partial charge in [-0.05, 0) is 35.6 Å². The minimum absolute atomic E-state index is 0.0819. The number of fused-ring (bicyclic) bond motifs is 1. The number of aromatic nitrogens is 1. The van der Waals surface area contributed by atoms with Crippen molar-refractivity contribution in [3.63, 3.8) is 0 Å². The molecule has 3 aromatic rings. The van der Waals surface area contributed by atoms with E-state index in [0.717, 1.165) is 28.0 Å². The molecule has 0 aliphatic rings. The van der Waals surface area contributed by atoms with E-state index in [1.807, 2.05) is 35.7 Å². The van der Waals surface area contributed by atoms with Crippen LogP contribution in [0.4, 0.5) is 0 Å². The Morgan fingerprint density at radius 2 is 2.16 bits per heavy atom. The second-order valence-corrected chi connectivity index (χ2v) is 5.22. The summed E-state index contributed by atoms with van der Waals surface area (Å²) in [4.78, 5) is 17.4. The van der Waals surface area contributed by atoms with Gasteiger partial charge in [-0.15, -0.1) is 11.3 Å². The number of oxazole rings is 1. The zero-order valence-corrected chi connectivity index (χ0v) is 11.4. The van der Waals surface area contributed by atoms with Crippen LogP contribution in [0.2, 0.25) is 0 Å². The van der Waals surface area contributed by atoms with Crippen LogP contribution in [0.3, 0.4) is 0 Å². The highest BCUT2D eigenvalue weighted by Gasteiger charge is 2.16. The van der Waals surface area contributed by atoms with Crippen LogP contribution in [0.1, 0.15) is 28.0 Å². The molecule has 3 rings (SSSR count). The molecule has 0 spiro atoms. The number of benzene rings is 1. The second kappa shape index (κ2) is 4.97. The molecular weight excluding hydrogens is 258 g/mol. The fourth-order valence-electron chi connectivity index (χ4n) is 2.07. The van der Waals surface area contributed by atoms with Gasteiger partial charge in [-0.3, -0.25) is 4.79 Å². The Morgan fingerprint density at radius 3 is 2.95 bits per heavy atom. The number of carbonyl (C=O) groups is 1. The third-order valence-electron chi connectivity index (χ3n) is 3.03. The molecule has 0 radical (unpaired) electrons. The molecule has 0 atom stereocenters. The van der Waals surface area contributed by atoms with Gasteiger partial charge in [-0.1, -0.05) is 19.1 Å². The molecule has 0 bridgehead atoms. The van der Waals surface area contributed by atoms with E-state index in [2.05, 4.69) is 11.9 Å². The maximum Gasteiger partial charge on any atom is 0.203 e. The Bertz CT molecular complexity index is 693. The number of aryl methyl sites for hydroxylation is 1. The van der Waals surface area contributed by atoms with E-state index in [-0.39, 0.29) is 12.2 Å². The predicted octanol–water partition coefficient (Wildman–Crippen LogP) is 3.88. The van der Waals surface area contributed by atoms with Crippen LogP contribution in [0, 0.1) is 0 Å². The van der Waals surface area contributed by atoms with Crippen LogP contribution in [0.15, 0.2) is 40.1 Å². The molecule has 0 N–H and O–H groups in total. The lowest BCUT2D eigenvalue weighted by Gasteiger charge is -1.98. The highest BCUT2D eigenvalue weighted by molar-refractivity contribution is 7.12. The molecule has 3 nitrogen and oxygen atoms in total. The van der Waals surface area contributed by atoms with Gasteiger partial charge in [0, 0.05) is 0 Å². The molecule has 2 heterocycles. The number of thiophene rings is 1. The Balaban J connectivity index is 1.86. The Labute approximate surface area is 114 Å². The van der Waals surface area contributed by atoms with Crippen molar-refractivity contribution >= 4 is 28.2 Å². The molecule has 0 aliphatic heterocycles. The summed E-state index contributed by atoms with van der Waals surface area (Å²) in [5, 5.41) is 1.96. The van der Waals surface area contributed by atoms with Crippen molar-refractivity contribution < 1.29 is 9.21 Å². The highest BCUT2D eigenvalue weighted by atomic mass is 32.1. The van der Waals surface area contributed by atoms with Crippen molar-refractivity contribution in [1.29, 1.82) is 0 Å². The largest absolute Gasteiger partial charge is 0.440 e. The average Bonchev–Trinajstić information content (AvgIpc) is 3.03. The van der Waals surface area contributed by atoms with Gasteiger partial charge in [-0.2, -0.15) is 0 Å². The molecule has 0 fully saturated rings. The fraction of sp³-hybridized carbons (Fsp3) is 0.200. The molecule has 1 aromatic carbocycles. The zero-order valence-electron chi connectivity index (χ0n) is 10.6. The Kier molecular flexibility index (Phi) is 3.17. The summed E-state index contributed by atoms with van der Waals surface area (Å²) in [5.74, 6) is 0.569. The molecule has 0 amide bonds. The molecule has 2 aromatic heterocycles. The number of hydrogen-bond acceptors (Lipinski definition) is 4. The van der Waals surface area contributed by atoms with E-state index in [0.29, 0.717) is 5.89 Å². The van der Waals surface area contributed by atoms with Crippen molar-refractivity contribution in [1.82, 2.24) is 4.98 Å². The summed E-state index contributed by atoms with van der Waals surface area (Å²) in [6.45, 7) is 2.05. The molecule has 0 saturated carbocycles. The van der Waals surface area contributed by atoms with E-state index >= 15 is 0 Å². The zero-order chi connectivity index (χ0) is 13.2. The minimum Gasteiger partial charge on any atom is -0.440 e. The molecule has 96 valence electrons. The summed E-state index contributed by atoms with van der Waals surface area (Å²) < 4.78 is 5.58. The number of ketones is 1. The lowest BCUT2D eigenvalue weighted by atomic mass is 10.1. The van der Waals surface area contributed by atoms with Gasteiger partial charge in [-0.25, -0.2) is 4.98 Å². The van der Waals surface area contributed by atoms with Crippen molar-refractivity contribution in [2.45, 2.75) is 19.8 Å². The third kappa shape index (κ3) is 2.31. The van der Waals surface area contributed by atoms with Gasteiger partial charge in [0.25, 0.3) is 0 Å². The van der Waals surface area contributed by atoms with Crippen LogP contribution in [-0.4, -0.2) is 10.8 Å². The van der Waals surface area contributed by atoms with Gasteiger partial charge in [0.15, 0.2) is 11.4 Å². The topological polar surface area (TPSA) is 43.1 Å². The highest BCUT2D eigenvalue weighted by Crippen LogP contribution is 2.21. The first-order chi connectivity index (χ1) is 9.28. The van der Waals surface area contributed by atoms with Gasteiger partial charge in [0.1, 0.15) is 5.52 Å². The molecule has 4 heteroatoms. The van der Waals surface area contributed by atoms with Gasteiger partial charge >= 0.3 is 0 Å². The van der Waals surface area contributed by atoms with Gasteiger partial charge in [0.05, 0.1) is 11.3 Å². The first-order valence-electron chi connectivity index (χ1n) is 6.22. The van der Waals surface area contributed by atoms with Crippen molar-refractivity contribution in [3.8, 4) is 0 Å². The maximum atomic E-state index is 12.2. The Hall–Kier alpha value is -1.94. The molecular formula is C15H13NO2S. The van der Waals surface area contributed by atoms with Crippen LogP contribution in [0.5, 0.6) is 0 Å². The normalized spacial score (nSPS) is 11.0. The second-order valence-electron chi connectivity index (χ2n) is 4.30. The Morgan fingerprint density at radius 1 is 1.32 bits per heavy atom. The van der Waals surface area contributed by atoms with Gasteiger partial charge < -0.3 is 4.42 Å². The predicted molar refractivity (Wildman–Crippen MR) is 75.7 cm³/mol. The number of hydrogen-bond donors (Lipinski definition) is 0. The van der Waals surface area contributed by atoms with Gasteiger partial charge in [0.2, 0.25) is 5.89 Å². The molecule has 0 unspecified atom stereocenters. The summed E-state index contributed by atoms with van der Waals surface area (Å²) >= 11 is 1.49. The van der Waals surface area contributed by atoms with Crippen LogP contribution < -0.4 is 0 Å². The fourth-order valence-corrected chi connectivity index (χ4v) is 3.01. The number of para-hydroxylation sites is 2. The summed E-state index contributed by atoms with van der Waals surface area (Å²) in [5.41, 5.74) is 2.63. The average molecular weight is 271 g/mol. The van der Waals surface area contributed by atoms with E-state index in [4.69, 9.17) is 4.42 Å². The van der Waals surface area contributed by atoms with E-state index in [1.165, 1.54) is 11.3 Å². The first-order valence-corrected chi connectivity index (χ1v) is 7.10. The van der Waals surface area contributed by atoms with E-state index < -0.39 is 0 Å². The monoisotopic (exact) mass is 271 g/mol. The minimum atomic E-state index is 0.0819. The number of nitrogens with zero attached hydrogens (tertiary/aromatic N) is 1. The maximum absolute atomic E-state index is 12.2. The van der Waals surface area contributed by atoms with Crippen molar-refractivity contribution in [3.05, 3.63) is 52.0 Å². The van der Waals surface area contributed by atoms with Crippen LogP contribution in [-0.2, 0) is 12.8 Å². The van der Waals surface area contributed by atoms with E-state index in [9.17, 15) is 4.79 Å².